The number of sulfonamides is 1. The Balaban J connectivity index is 1.42. The van der Waals surface area contributed by atoms with Gasteiger partial charge in [0.1, 0.15) is 0 Å². The van der Waals surface area contributed by atoms with Gasteiger partial charge >= 0.3 is 0 Å². The Morgan fingerprint density at radius 3 is 2.30 bits per heavy atom. The highest BCUT2D eigenvalue weighted by Gasteiger charge is 2.33. The second kappa shape index (κ2) is 9.90. The SMILES string of the molecule is C[C@@H]1C[C@@H](C)CN(S(=O)(=O)c2ccc(Cl)c(C(=O)N3CCN(CC(=O)NC4CC4)CC3)c2)C1. The van der Waals surface area contributed by atoms with E-state index >= 15 is 0 Å². The Morgan fingerprint density at radius 1 is 1.06 bits per heavy atom. The van der Waals surface area contributed by atoms with Crippen molar-refractivity contribution in [1.82, 2.24) is 19.4 Å². The number of piperazine rings is 1. The summed E-state index contributed by atoms with van der Waals surface area (Å²) in [6, 6.07) is 4.73. The first-order valence-corrected chi connectivity index (χ1v) is 13.6. The number of hydrogen-bond acceptors (Lipinski definition) is 5. The van der Waals surface area contributed by atoms with E-state index in [1.807, 2.05) is 4.90 Å². The van der Waals surface area contributed by atoms with Gasteiger partial charge in [-0.15, -0.1) is 0 Å². The summed E-state index contributed by atoms with van der Waals surface area (Å²) >= 11 is 6.33. The molecule has 33 heavy (non-hydrogen) atoms. The van der Waals surface area contributed by atoms with Crippen molar-refractivity contribution in [1.29, 1.82) is 0 Å². The maximum Gasteiger partial charge on any atom is 0.255 e. The van der Waals surface area contributed by atoms with Crippen molar-refractivity contribution < 1.29 is 18.0 Å². The van der Waals surface area contributed by atoms with Gasteiger partial charge in [0.05, 0.1) is 22.0 Å². The van der Waals surface area contributed by atoms with E-state index in [9.17, 15) is 18.0 Å². The molecule has 10 heteroatoms. The number of carbonyl (C=O) groups is 2. The molecule has 2 heterocycles. The molecule has 2 saturated heterocycles. The molecule has 0 aromatic heterocycles. The lowest BCUT2D eigenvalue weighted by Crippen LogP contribution is -2.51. The van der Waals surface area contributed by atoms with Crippen LogP contribution in [0.2, 0.25) is 5.02 Å². The Morgan fingerprint density at radius 2 is 1.70 bits per heavy atom. The minimum Gasteiger partial charge on any atom is -0.352 e. The van der Waals surface area contributed by atoms with Crippen LogP contribution in [-0.2, 0) is 14.8 Å². The van der Waals surface area contributed by atoms with Crippen molar-refractivity contribution in [3.8, 4) is 0 Å². The molecule has 2 atom stereocenters. The summed E-state index contributed by atoms with van der Waals surface area (Å²) in [5, 5.41) is 3.22. The maximum atomic E-state index is 13.3. The number of piperidine rings is 1. The van der Waals surface area contributed by atoms with Crippen LogP contribution < -0.4 is 5.32 Å². The molecule has 1 N–H and O–H groups in total. The fourth-order valence-electron chi connectivity index (χ4n) is 4.76. The molecule has 182 valence electrons. The number of benzene rings is 1. The molecule has 0 spiro atoms. The molecule has 1 aromatic rings. The molecule has 8 nitrogen and oxygen atoms in total. The van der Waals surface area contributed by atoms with Crippen molar-refractivity contribution in [2.24, 2.45) is 11.8 Å². The largest absolute Gasteiger partial charge is 0.352 e. The first kappa shape index (κ1) is 24.4. The van der Waals surface area contributed by atoms with Crippen molar-refractivity contribution in [2.75, 3.05) is 45.8 Å². The Bertz CT molecular complexity index is 996. The molecular formula is C23H33ClN4O4S. The van der Waals surface area contributed by atoms with E-state index in [2.05, 4.69) is 19.2 Å². The van der Waals surface area contributed by atoms with Crippen LogP contribution in [0.15, 0.2) is 23.1 Å². The smallest absolute Gasteiger partial charge is 0.255 e. The van der Waals surface area contributed by atoms with Crippen molar-refractivity contribution in [3.05, 3.63) is 28.8 Å². The van der Waals surface area contributed by atoms with Gasteiger partial charge in [-0.05, 0) is 49.3 Å². The van der Waals surface area contributed by atoms with Gasteiger partial charge in [0.25, 0.3) is 5.91 Å². The van der Waals surface area contributed by atoms with Crippen LogP contribution in [0.25, 0.3) is 0 Å². The lowest BCUT2D eigenvalue weighted by Gasteiger charge is -2.35. The molecule has 3 aliphatic rings. The average molecular weight is 497 g/mol. The fourth-order valence-corrected chi connectivity index (χ4v) is 6.67. The standard InChI is InChI=1S/C23H33ClN4O4S/c1-16-11-17(2)14-28(13-16)33(31,32)19-5-6-21(24)20(12-19)23(30)27-9-7-26(8-10-27)15-22(29)25-18-3-4-18/h5-6,12,16-18H,3-4,7-11,13-15H2,1-2H3,(H,25,29)/t16-,17-/m1/s1. The molecule has 0 unspecified atom stereocenters. The van der Waals surface area contributed by atoms with E-state index in [4.69, 9.17) is 11.6 Å². The first-order valence-electron chi connectivity index (χ1n) is 11.7. The van der Waals surface area contributed by atoms with Gasteiger partial charge < -0.3 is 10.2 Å². The Labute approximate surface area is 201 Å². The number of halogens is 1. The Kier molecular flexibility index (Phi) is 7.33. The molecule has 4 rings (SSSR count). The highest BCUT2D eigenvalue weighted by atomic mass is 35.5. The second-order valence-electron chi connectivity index (χ2n) is 9.82. The first-order chi connectivity index (χ1) is 15.6. The lowest BCUT2D eigenvalue weighted by molar-refractivity contribution is -0.122. The lowest BCUT2D eigenvalue weighted by atomic mass is 9.94. The summed E-state index contributed by atoms with van der Waals surface area (Å²) < 4.78 is 28.1. The quantitative estimate of drug-likeness (QED) is 0.651. The molecule has 3 fully saturated rings. The molecule has 1 saturated carbocycles. The van der Waals surface area contributed by atoms with Gasteiger partial charge in [0.2, 0.25) is 15.9 Å². The predicted octanol–water partition coefficient (Wildman–Crippen LogP) is 2.04. The van der Waals surface area contributed by atoms with Gasteiger partial charge in [-0.1, -0.05) is 25.4 Å². The summed E-state index contributed by atoms with van der Waals surface area (Å²) in [5.74, 6) is 0.332. The highest BCUT2D eigenvalue weighted by molar-refractivity contribution is 7.89. The third-order valence-corrected chi connectivity index (χ3v) is 8.77. The van der Waals surface area contributed by atoms with Crippen molar-refractivity contribution in [2.45, 2.75) is 44.0 Å². The van der Waals surface area contributed by atoms with E-state index in [-0.39, 0.29) is 27.3 Å². The van der Waals surface area contributed by atoms with Crippen LogP contribution in [0.5, 0.6) is 0 Å². The molecule has 1 aromatic carbocycles. The zero-order valence-electron chi connectivity index (χ0n) is 19.3. The number of nitrogens with zero attached hydrogens (tertiary/aromatic N) is 3. The second-order valence-corrected chi connectivity index (χ2v) is 12.2. The third kappa shape index (κ3) is 5.88. The van der Waals surface area contributed by atoms with Gasteiger partial charge in [0, 0.05) is 45.3 Å². The van der Waals surface area contributed by atoms with Crippen LogP contribution in [0, 0.1) is 11.8 Å². The van der Waals surface area contributed by atoms with Crippen molar-refractivity contribution in [3.63, 3.8) is 0 Å². The average Bonchev–Trinajstić information content (AvgIpc) is 3.57. The molecular weight excluding hydrogens is 464 g/mol. The van der Waals surface area contributed by atoms with Crippen LogP contribution in [0.3, 0.4) is 0 Å². The number of nitrogens with one attached hydrogen (secondary N) is 1. The fraction of sp³-hybridized carbons (Fsp3) is 0.652. The summed E-state index contributed by atoms with van der Waals surface area (Å²) in [4.78, 5) is 29.0. The monoisotopic (exact) mass is 496 g/mol. The van der Waals surface area contributed by atoms with E-state index in [0.717, 1.165) is 19.3 Å². The third-order valence-electron chi connectivity index (χ3n) is 6.61. The van der Waals surface area contributed by atoms with Crippen LogP contribution in [-0.4, -0.2) is 86.2 Å². The van der Waals surface area contributed by atoms with Crippen LogP contribution >= 0.6 is 11.6 Å². The minimum absolute atomic E-state index is 0.0274. The van der Waals surface area contributed by atoms with Crippen LogP contribution in [0.1, 0.15) is 43.5 Å². The van der Waals surface area contributed by atoms with E-state index in [0.29, 0.717) is 63.7 Å². The topological polar surface area (TPSA) is 90.0 Å². The molecule has 2 amide bonds. The van der Waals surface area contributed by atoms with Crippen molar-refractivity contribution >= 4 is 33.4 Å². The van der Waals surface area contributed by atoms with Gasteiger partial charge in [-0.2, -0.15) is 4.31 Å². The summed E-state index contributed by atoms with van der Waals surface area (Å²) in [6.45, 7) is 7.51. The summed E-state index contributed by atoms with van der Waals surface area (Å²) in [5.41, 5.74) is 0.204. The highest BCUT2D eigenvalue weighted by Crippen LogP contribution is 2.29. The Hall–Kier alpha value is -1.68. The predicted molar refractivity (Wildman–Crippen MR) is 127 cm³/mol. The van der Waals surface area contributed by atoms with E-state index < -0.39 is 10.0 Å². The molecule has 1 aliphatic carbocycles. The normalized spacial score (nSPS) is 25.1. The molecule has 0 radical (unpaired) electrons. The number of hydrogen-bond donors (Lipinski definition) is 1. The summed E-state index contributed by atoms with van der Waals surface area (Å²) in [7, 11) is -3.71. The van der Waals surface area contributed by atoms with Crippen LogP contribution in [0.4, 0.5) is 0 Å². The number of carbonyl (C=O) groups excluding carboxylic acids is 2. The maximum absolute atomic E-state index is 13.3. The number of amides is 2. The zero-order chi connectivity index (χ0) is 23.8. The number of rotatable bonds is 6. The van der Waals surface area contributed by atoms with Gasteiger partial charge in [-0.25, -0.2) is 8.42 Å². The van der Waals surface area contributed by atoms with E-state index in [1.54, 1.807) is 4.90 Å². The summed E-state index contributed by atoms with van der Waals surface area (Å²) in [6.07, 6.45) is 3.11. The minimum atomic E-state index is -3.71. The van der Waals surface area contributed by atoms with Gasteiger partial charge in [-0.3, -0.25) is 14.5 Å². The molecule has 2 aliphatic heterocycles. The van der Waals surface area contributed by atoms with E-state index in [1.165, 1.54) is 22.5 Å². The molecule has 0 bridgehead atoms. The zero-order valence-corrected chi connectivity index (χ0v) is 20.9. The van der Waals surface area contributed by atoms with Gasteiger partial charge in [0.15, 0.2) is 0 Å².